The molecule has 0 atom stereocenters. The maximum Gasteiger partial charge on any atom is 0.250 e. The van der Waals surface area contributed by atoms with Crippen molar-refractivity contribution in [1.82, 2.24) is 5.43 Å². The molecule has 0 heterocycles. The van der Waals surface area contributed by atoms with Gasteiger partial charge in [-0.15, -0.1) is 11.8 Å². The van der Waals surface area contributed by atoms with Gasteiger partial charge >= 0.3 is 0 Å². The summed E-state index contributed by atoms with van der Waals surface area (Å²) in [7, 11) is 0. The molecule has 22 heavy (non-hydrogen) atoms. The Kier molecular flexibility index (Phi) is 6.96. The zero-order chi connectivity index (χ0) is 15.8. The molecule has 0 radical (unpaired) electrons. The molecule has 2 aromatic carbocycles. The molecule has 0 saturated heterocycles. The normalized spacial score (nSPS) is 10.8. The number of benzene rings is 2. The average Bonchev–Trinajstić information content (AvgIpc) is 2.51. The summed E-state index contributed by atoms with van der Waals surface area (Å²) < 4.78 is 1.01. The van der Waals surface area contributed by atoms with Gasteiger partial charge in [-0.3, -0.25) is 4.79 Å². The molecule has 0 fully saturated rings. The van der Waals surface area contributed by atoms with Gasteiger partial charge in [0.05, 0.1) is 12.0 Å². The van der Waals surface area contributed by atoms with Crippen LogP contribution in [0.15, 0.2) is 58.1 Å². The van der Waals surface area contributed by atoms with Crippen molar-refractivity contribution in [2.75, 3.05) is 5.75 Å². The first-order valence-corrected chi connectivity index (χ1v) is 8.86. The molecular formula is C16H14BrClN2OS. The van der Waals surface area contributed by atoms with Crippen LogP contribution in [0.25, 0.3) is 0 Å². The van der Waals surface area contributed by atoms with Crippen LogP contribution in [0.3, 0.4) is 0 Å². The van der Waals surface area contributed by atoms with Crippen LogP contribution in [-0.2, 0) is 10.5 Å². The third-order valence-electron chi connectivity index (χ3n) is 2.69. The highest BCUT2D eigenvalue weighted by Crippen LogP contribution is 2.15. The van der Waals surface area contributed by atoms with E-state index >= 15 is 0 Å². The second-order valence-corrected chi connectivity index (χ2v) is 6.80. The monoisotopic (exact) mass is 396 g/mol. The lowest BCUT2D eigenvalue weighted by Crippen LogP contribution is -2.19. The van der Waals surface area contributed by atoms with Crippen molar-refractivity contribution >= 4 is 51.4 Å². The Bertz CT molecular complexity index is 644. The second kappa shape index (κ2) is 8.98. The summed E-state index contributed by atoms with van der Waals surface area (Å²) >= 11 is 10.7. The van der Waals surface area contributed by atoms with Crippen molar-refractivity contribution in [3.63, 3.8) is 0 Å². The predicted molar refractivity (Wildman–Crippen MR) is 97.5 cm³/mol. The number of thioether (sulfide) groups is 1. The van der Waals surface area contributed by atoms with E-state index in [2.05, 4.69) is 26.5 Å². The molecule has 0 saturated carbocycles. The largest absolute Gasteiger partial charge is 0.272 e. The van der Waals surface area contributed by atoms with E-state index in [0.717, 1.165) is 21.4 Å². The summed E-state index contributed by atoms with van der Waals surface area (Å²) in [6.07, 6.45) is 1.62. The number of rotatable bonds is 6. The van der Waals surface area contributed by atoms with Crippen LogP contribution in [0.4, 0.5) is 0 Å². The molecule has 0 aliphatic heterocycles. The Morgan fingerprint density at radius 1 is 1.18 bits per heavy atom. The minimum Gasteiger partial charge on any atom is -0.272 e. The topological polar surface area (TPSA) is 41.5 Å². The quantitative estimate of drug-likeness (QED) is 0.576. The summed E-state index contributed by atoms with van der Waals surface area (Å²) in [5, 5.41) is 4.65. The Hall–Kier alpha value is -1.30. The number of halogens is 2. The molecule has 0 unspecified atom stereocenters. The third-order valence-corrected chi connectivity index (χ3v) is 4.47. The van der Waals surface area contributed by atoms with Crippen molar-refractivity contribution in [3.05, 3.63) is 69.2 Å². The molecule has 0 bridgehead atoms. The van der Waals surface area contributed by atoms with Crippen molar-refractivity contribution in [1.29, 1.82) is 0 Å². The fourth-order valence-corrected chi connectivity index (χ4v) is 2.77. The van der Waals surface area contributed by atoms with Gasteiger partial charge < -0.3 is 0 Å². The van der Waals surface area contributed by atoms with Gasteiger partial charge in [0.2, 0.25) is 5.91 Å². The first-order chi connectivity index (χ1) is 10.6. The minimum absolute atomic E-state index is 0.118. The average molecular weight is 398 g/mol. The highest BCUT2D eigenvalue weighted by atomic mass is 79.9. The van der Waals surface area contributed by atoms with Crippen molar-refractivity contribution in [2.24, 2.45) is 5.10 Å². The number of hydrogen-bond acceptors (Lipinski definition) is 3. The highest BCUT2D eigenvalue weighted by Gasteiger charge is 2.00. The van der Waals surface area contributed by atoms with E-state index in [9.17, 15) is 4.79 Å². The fourth-order valence-electron chi connectivity index (χ4n) is 1.60. The molecular weight excluding hydrogens is 384 g/mol. The van der Waals surface area contributed by atoms with Crippen molar-refractivity contribution < 1.29 is 4.79 Å². The lowest BCUT2D eigenvalue weighted by Gasteiger charge is -2.02. The van der Waals surface area contributed by atoms with Gasteiger partial charge in [0.15, 0.2) is 0 Å². The van der Waals surface area contributed by atoms with E-state index in [1.807, 2.05) is 48.5 Å². The molecule has 0 aromatic heterocycles. The lowest BCUT2D eigenvalue weighted by atomic mass is 10.2. The zero-order valence-electron chi connectivity index (χ0n) is 11.6. The van der Waals surface area contributed by atoms with Crippen LogP contribution in [0.2, 0.25) is 5.02 Å². The number of amides is 1. The van der Waals surface area contributed by atoms with Crippen LogP contribution in [0.1, 0.15) is 11.1 Å². The zero-order valence-corrected chi connectivity index (χ0v) is 14.8. The number of carbonyl (C=O) groups excluding carboxylic acids is 1. The second-order valence-electron chi connectivity index (χ2n) is 4.46. The molecule has 3 nitrogen and oxygen atoms in total. The number of nitrogens with one attached hydrogen (secondary N) is 1. The van der Waals surface area contributed by atoms with E-state index in [1.165, 1.54) is 11.8 Å². The summed E-state index contributed by atoms with van der Waals surface area (Å²) in [5.41, 5.74) is 4.59. The highest BCUT2D eigenvalue weighted by molar-refractivity contribution is 9.10. The Balaban J connectivity index is 1.69. The SMILES string of the molecule is O=C(CSCc1ccc(Cl)cc1)N/N=C/c1ccc(Br)cc1. The first kappa shape index (κ1) is 17.1. The Morgan fingerprint density at radius 2 is 1.86 bits per heavy atom. The molecule has 0 spiro atoms. The molecule has 0 aliphatic rings. The van der Waals surface area contributed by atoms with Gasteiger partial charge in [0.25, 0.3) is 0 Å². The van der Waals surface area contributed by atoms with Crippen LogP contribution in [0, 0.1) is 0 Å². The Labute approximate surface area is 147 Å². The van der Waals surface area contributed by atoms with Crippen LogP contribution in [0.5, 0.6) is 0 Å². The summed E-state index contributed by atoms with van der Waals surface area (Å²) in [6.45, 7) is 0. The fraction of sp³-hybridized carbons (Fsp3) is 0.125. The van der Waals surface area contributed by atoms with E-state index in [4.69, 9.17) is 11.6 Å². The number of nitrogens with zero attached hydrogens (tertiary/aromatic N) is 1. The predicted octanol–water partition coefficient (Wildman–Crippen LogP) is 4.49. The van der Waals surface area contributed by atoms with Crippen LogP contribution in [-0.4, -0.2) is 17.9 Å². The van der Waals surface area contributed by atoms with Crippen molar-refractivity contribution in [2.45, 2.75) is 5.75 Å². The minimum atomic E-state index is -0.118. The number of hydrazone groups is 1. The van der Waals surface area contributed by atoms with Crippen LogP contribution < -0.4 is 5.43 Å². The summed E-state index contributed by atoms with van der Waals surface area (Å²) in [5.74, 6) is 1.01. The van der Waals surface area contributed by atoms with Gasteiger partial charge in [-0.25, -0.2) is 5.43 Å². The molecule has 1 N–H and O–H groups in total. The first-order valence-electron chi connectivity index (χ1n) is 6.53. The maximum atomic E-state index is 11.7. The molecule has 114 valence electrons. The van der Waals surface area contributed by atoms with Gasteiger partial charge in [-0.05, 0) is 35.4 Å². The van der Waals surface area contributed by atoms with E-state index in [1.54, 1.807) is 6.21 Å². The molecule has 1 amide bonds. The maximum absolute atomic E-state index is 11.7. The molecule has 6 heteroatoms. The van der Waals surface area contributed by atoms with Crippen molar-refractivity contribution in [3.8, 4) is 0 Å². The standard InChI is InChI=1S/C16H14BrClN2OS/c17-14-5-1-12(2-6-14)9-19-20-16(21)11-22-10-13-3-7-15(18)8-4-13/h1-9H,10-11H2,(H,20,21)/b19-9+. The molecule has 0 aliphatic carbocycles. The van der Waals surface area contributed by atoms with E-state index in [0.29, 0.717) is 10.8 Å². The molecule has 2 rings (SSSR count). The third kappa shape index (κ3) is 6.22. The van der Waals surface area contributed by atoms with Crippen LogP contribution >= 0.6 is 39.3 Å². The number of carbonyl (C=O) groups is 1. The van der Waals surface area contributed by atoms with Gasteiger partial charge in [-0.2, -0.15) is 5.10 Å². The molecule has 2 aromatic rings. The van der Waals surface area contributed by atoms with Gasteiger partial charge in [0, 0.05) is 15.2 Å². The van der Waals surface area contributed by atoms with Gasteiger partial charge in [0.1, 0.15) is 0 Å². The summed E-state index contributed by atoms with van der Waals surface area (Å²) in [4.78, 5) is 11.7. The number of hydrogen-bond donors (Lipinski definition) is 1. The van der Waals surface area contributed by atoms with Gasteiger partial charge in [-0.1, -0.05) is 51.8 Å². The smallest absolute Gasteiger partial charge is 0.250 e. The summed E-state index contributed by atoms with van der Waals surface area (Å²) in [6, 6.07) is 15.3. The van der Waals surface area contributed by atoms with E-state index in [-0.39, 0.29) is 5.91 Å². The Morgan fingerprint density at radius 3 is 2.55 bits per heavy atom. The van der Waals surface area contributed by atoms with E-state index < -0.39 is 0 Å². The lowest BCUT2D eigenvalue weighted by molar-refractivity contribution is -0.118.